The molecular weight excluding hydrogens is 178 g/mol. The standard InChI is InChI=1S/C10H17N3O/c1-8-9(2)12(3)11-10(8)13-4-6-14-7-5-13/h4-7H2,1-3H3. The predicted octanol–water partition coefficient (Wildman–Crippen LogP) is 0.874. The monoisotopic (exact) mass is 195 g/mol. The van der Waals surface area contributed by atoms with Gasteiger partial charge in [0, 0.05) is 31.4 Å². The maximum atomic E-state index is 5.32. The van der Waals surface area contributed by atoms with Crippen LogP contribution >= 0.6 is 0 Å². The molecule has 1 saturated heterocycles. The minimum atomic E-state index is 0.815. The van der Waals surface area contributed by atoms with Gasteiger partial charge >= 0.3 is 0 Å². The van der Waals surface area contributed by atoms with E-state index in [2.05, 4.69) is 23.8 Å². The van der Waals surface area contributed by atoms with Gasteiger partial charge in [0.2, 0.25) is 0 Å². The van der Waals surface area contributed by atoms with Gasteiger partial charge in [-0.05, 0) is 13.8 Å². The molecule has 0 spiro atoms. The van der Waals surface area contributed by atoms with Gasteiger partial charge in [-0.15, -0.1) is 0 Å². The van der Waals surface area contributed by atoms with Crippen LogP contribution in [-0.2, 0) is 11.8 Å². The van der Waals surface area contributed by atoms with E-state index in [-0.39, 0.29) is 0 Å². The first-order chi connectivity index (χ1) is 6.70. The van der Waals surface area contributed by atoms with Crippen molar-refractivity contribution in [2.75, 3.05) is 31.2 Å². The van der Waals surface area contributed by atoms with E-state index in [4.69, 9.17) is 4.74 Å². The Morgan fingerprint density at radius 2 is 1.86 bits per heavy atom. The Morgan fingerprint density at radius 3 is 2.36 bits per heavy atom. The Kier molecular flexibility index (Phi) is 2.46. The number of hydrogen-bond donors (Lipinski definition) is 0. The van der Waals surface area contributed by atoms with Crippen molar-refractivity contribution in [3.05, 3.63) is 11.3 Å². The Hall–Kier alpha value is -1.03. The van der Waals surface area contributed by atoms with E-state index >= 15 is 0 Å². The van der Waals surface area contributed by atoms with Crippen LogP contribution in [0.15, 0.2) is 0 Å². The molecule has 1 aliphatic rings. The Balaban J connectivity index is 2.26. The number of hydrogen-bond acceptors (Lipinski definition) is 3. The lowest BCUT2D eigenvalue weighted by Gasteiger charge is -2.27. The minimum absolute atomic E-state index is 0.815. The molecule has 0 aliphatic carbocycles. The number of anilines is 1. The molecule has 0 bridgehead atoms. The maximum Gasteiger partial charge on any atom is 0.153 e. The third kappa shape index (κ3) is 1.50. The summed E-state index contributed by atoms with van der Waals surface area (Å²) in [4.78, 5) is 2.30. The summed E-state index contributed by atoms with van der Waals surface area (Å²) in [6, 6.07) is 0. The summed E-state index contributed by atoms with van der Waals surface area (Å²) in [6.07, 6.45) is 0. The second-order valence-electron chi connectivity index (χ2n) is 3.76. The average molecular weight is 195 g/mol. The van der Waals surface area contributed by atoms with Gasteiger partial charge in [0.15, 0.2) is 5.82 Å². The molecule has 0 aromatic carbocycles. The molecule has 1 fully saturated rings. The van der Waals surface area contributed by atoms with E-state index in [1.807, 2.05) is 11.7 Å². The molecule has 0 amide bonds. The van der Waals surface area contributed by atoms with Gasteiger partial charge in [0.1, 0.15) is 0 Å². The SMILES string of the molecule is Cc1c(N2CCOCC2)nn(C)c1C. The first kappa shape index (κ1) is 9.52. The normalized spacial score (nSPS) is 17.5. The van der Waals surface area contributed by atoms with Crippen molar-refractivity contribution >= 4 is 5.82 Å². The van der Waals surface area contributed by atoms with Crippen molar-refractivity contribution in [2.45, 2.75) is 13.8 Å². The highest BCUT2D eigenvalue weighted by Gasteiger charge is 2.17. The molecule has 0 atom stereocenters. The second-order valence-corrected chi connectivity index (χ2v) is 3.76. The second kappa shape index (κ2) is 3.61. The maximum absolute atomic E-state index is 5.32. The van der Waals surface area contributed by atoms with E-state index in [0.717, 1.165) is 32.1 Å². The van der Waals surface area contributed by atoms with Gasteiger partial charge < -0.3 is 9.64 Å². The Labute approximate surface area is 84.5 Å². The number of aryl methyl sites for hydroxylation is 1. The molecule has 14 heavy (non-hydrogen) atoms. The van der Waals surface area contributed by atoms with Crippen molar-refractivity contribution in [3.63, 3.8) is 0 Å². The molecular formula is C10H17N3O. The number of aromatic nitrogens is 2. The molecule has 1 aromatic rings. The molecule has 2 rings (SSSR count). The summed E-state index contributed by atoms with van der Waals surface area (Å²) in [5.41, 5.74) is 2.53. The first-order valence-electron chi connectivity index (χ1n) is 5.03. The van der Waals surface area contributed by atoms with Crippen LogP contribution < -0.4 is 4.90 Å². The van der Waals surface area contributed by atoms with Crippen molar-refractivity contribution in [3.8, 4) is 0 Å². The quantitative estimate of drug-likeness (QED) is 0.666. The van der Waals surface area contributed by atoms with E-state index in [0.29, 0.717) is 0 Å². The highest BCUT2D eigenvalue weighted by Crippen LogP contribution is 2.21. The number of nitrogens with zero attached hydrogens (tertiary/aromatic N) is 3. The van der Waals surface area contributed by atoms with E-state index in [1.165, 1.54) is 11.3 Å². The Bertz CT molecular complexity index is 326. The molecule has 78 valence electrons. The van der Waals surface area contributed by atoms with Crippen LogP contribution in [0.1, 0.15) is 11.3 Å². The fraction of sp³-hybridized carbons (Fsp3) is 0.700. The predicted molar refractivity (Wildman–Crippen MR) is 55.7 cm³/mol. The van der Waals surface area contributed by atoms with Crippen LogP contribution in [-0.4, -0.2) is 36.1 Å². The summed E-state index contributed by atoms with van der Waals surface area (Å²) in [5.74, 6) is 1.12. The summed E-state index contributed by atoms with van der Waals surface area (Å²) < 4.78 is 7.27. The zero-order chi connectivity index (χ0) is 10.1. The fourth-order valence-electron chi connectivity index (χ4n) is 1.77. The molecule has 0 N–H and O–H groups in total. The number of ether oxygens (including phenoxy) is 1. The van der Waals surface area contributed by atoms with Crippen LogP contribution in [0.4, 0.5) is 5.82 Å². The van der Waals surface area contributed by atoms with E-state index in [1.54, 1.807) is 0 Å². The van der Waals surface area contributed by atoms with Crippen LogP contribution in [0.25, 0.3) is 0 Å². The molecule has 1 aliphatic heterocycles. The topological polar surface area (TPSA) is 30.3 Å². The third-order valence-electron chi connectivity index (χ3n) is 2.92. The number of morpholine rings is 1. The van der Waals surface area contributed by atoms with Crippen molar-refractivity contribution < 1.29 is 4.74 Å². The zero-order valence-corrected chi connectivity index (χ0v) is 9.08. The lowest BCUT2D eigenvalue weighted by Crippen LogP contribution is -2.36. The van der Waals surface area contributed by atoms with Gasteiger partial charge in [0.25, 0.3) is 0 Å². The summed E-state index contributed by atoms with van der Waals surface area (Å²) in [5, 5.41) is 4.52. The van der Waals surface area contributed by atoms with Crippen LogP contribution in [0.5, 0.6) is 0 Å². The zero-order valence-electron chi connectivity index (χ0n) is 9.08. The number of rotatable bonds is 1. The van der Waals surface area contributed by atoms with Crippen LogP contribution in [0.2, 0.25) is 0 Å². The molecule has 1 aromatic heterocycles. The van der Waals surface area contributed by atoms with Crippen LogP contribution in [0, 0.1) is 13.8 Å². The lowest BCUT2D eigenvalue weighted by atomic mass is 10.2. The summed E-state index contributed by atoms with van der Waals surface area (Å²) >= 11 is 0. The third-order valence-corrected chi connectivity index (χ3v) is 2.92. The minimum Gasteiger partial charge on any atom is -0.378 e. The average Bonchev–Trinajstić information content (AvgIpc) is 2.47. The van der Waals surface area contributed by atoms with Gasteiger partial charge in [-0.3, -0.25) is 4.68 Å². The van der Waals surface area contributed by atoms with E-state index in [9.17, 15) is 0 Å². The molecule has 4 heteroatoms. The summed E-state index contributed by atoms with van der Waals surface area (Å²) in [6.45, 7) is 7.78. The Morgan fingerprint density at radius 1 is 1.21 bits per heavy atom. The smallest absolute Gasteiger partial charge is 0.153 e. The van der Waals surface area contributed by atoms with Gasteiger partial charge in [-0.25, -0.2) is 0 Å². The molecule has 0 radical (unpaired) electrons. The lowest BCUT2D eigenvalue weighted by molar-refractivity contribution is 0.122. The molecule has 2 heterocycles. The van der Waals surface area contributed by atoms with Gasteiger partial charge in [-0.2, -0.15) is 5.10 Å². The van der Waals surface area contributed by atoms with Crippen molar-refractivity contribution in [1.82, 2.24) is 9.78 Å². The highest BCUT2D eigenvalue weighted by atomic mass is 16.5. The van der Waals surface area contributed by atoms with Gasteiger partial charge in [0.05, 0.1) is 13.2 Å². The molecule has 0 unspecified atom stereocenters. The fourth-order valence-corrected chi connectivity index (χ4v) is 1.77. The molecule has 0 saturated carbocycles. The first-order valence-corrected chi connectivity index (χ1v) is 5.03. The highest BCUT2D eigenvalue weighted by molar-refractivity contribution is 5.48. The van der Waals surface area contributed by atoms with Crippen LogP contribution in [0.3, 0.4) is 0 Å². The van der Waals surface area contributed by atoms with Gasteiger partial charge in [-0.1, -0.05) is 0 Å². The van der Waals surface area contributed by atoms with Crippen molar-refractivity contribution in [1.29, 1.82) is 0 Å². The van der Waals surface area contributed by atoms with Crippen molar-refractivity contribution in [2.24, 2.45) is 7.05 Å². The largest absolute Gasteiger partial charge is 0.378 e. The molecule has 4 nitrogen and oxygen atoms in total. The van der Waals surface area contributed by atoms with E-state index < -0.39 is 0 Å². The summed E-state index contributed by atoms with van der Waals surface area (Å²) in [7, 11) is 1.99.